The standard InChI is InChI=1S/C14H16F3N.C2HF3O2/c15-14(16,17)13-6-4-11(5-7-13)2-1-3-12-8-9-18-10-12;3-2(4,5)1(6)7/h1,3-7,12,18H,2,8-10H2;(H,6,7). The molecule has 1 unspecified atom stereocenters. The molecule has 0 saturated carbocycles. The van der Waals surface area contributed by atoms with E-state index in [9.17, 15) is 26.3 Å². The summed E-state index contributed by atoms with van der Waals surface area (Å²) < 4.78 is 68.8. The maximum Gasteiger partial charge on any atom is 0.490 e. The summed E-state index contributed by atoms with van der Waals surface area (Å²) in [5.41, 5.74) is 0.320. The van der Waals surface area contributed by atoms with E-state index in [1.165, 1.54) is 0 Å². The van der Waals surface area contributed by atoms with Crippen molar-refractivity contribution in [1.29, 1.82) is 0 Å². The van der Waals surface area contributed by atoms with Crippen LogP contribution in [0.15, 0.2) is 36.4 Å². The van der Waals surface area contributed by atoms with Gasteiger partial charge in [-0.05, 0) is 43.0 Å². The van der Waals surface area contributed by atoms with Crippen molar-refractivity contribution >= 4 is 5.97 Å². The van der Waals surface area contributed by atoms with Gasteiger partial charge in [0.1, 0.15) is 0 Å². The fraction of sp³-hybridized carbons (Fsp3) is 0.438. The van der Waals surface area contributed by atoms with Gasteiger partial charge in [-0.25, -0.2) is 4.79 Å². The summed E-state index contributed by atoms with van der Waals surface area (Å²) in [6.07, 6.45) is -3.31. The van der Waals surface area contributed by atoms with Crippen LogP contribution in [0.2, 0.25) is 0 Å². The zero-order chi connectivity index (χ0) is 19.1. The minimum atomic E-state index is -5.08. The third-order valence-corrected chi connectivity index (χ3v) is 3.38. The van der Waals surface area contributed by atoms with Crippen LogP contribution < -0.4 is 5.32 Å². The van der Waals surface area contributed by atoms with E-state index in [-0.39, 0.29) is 0 Å². The number of halogens is 6. The van der Waals surface area contributed by atoms with Crippen molar-refractivity contribution in [3.8, 4) is 0 Å². The predicted molar refractivity (Wildman–Crippen MR) is 79.0 cm³/mol. The molecule has 1 aromatic rings. The van der Waals surface area contributed by atoms with Crippen LogP contribution in [0.25, 0.3) is 0 Å². The summed E-state index contributed by atoms with van der Waals surface area (Å²) in [5.74, 6) is -2.19. The molecule has 1 saturated heterocycles. The number of benzene rings is 1. The van der Waals surface area contributed by atoms with Crippen LogP contribution in [0.3, 0.4) is 0 Å². The fourth-order valence-electron chi connectivity index (χ4n) is 2.07. The Balaban J connectivity index is 0.000000381. The molecule has 2 rings (SSSR count). The van der Waals surface area contributed by atoms with Crippen molar-refractivity contribution in [2.75, 3.05) is 13.1 Å². The Bertz CT molecular complexity index is 572. The summed E-state index contributed by atoms with van der Waals surface area (Å²) in [5, 5.41) is 10.4. The second-order valence-electron chi connectivity index (χ2n) is 5.38. The fourth-order valence-corrected chi connectivity index (χ4v) is 2.07. The number of nitrogens with one attached hydrogen (secondary N) is 1. The molecule has 1 aliphatic heterocycles. The summed E-state index contributed by atoms with van der Waals surface area (Å²) >= 11 is 0. The highest BCUT2D eigenvalue weighted by Crippen LogP contribution is 2.29. The molecule has 1 heterocycles. The lowest BCUT2D eigenvalue weighted by molar-refractivity contribution is -0.192. The van der Waals surface area contributed by atoms with Crippen LogP contribution in [0.5, 0.6) is 0 Å². The topological polar surface area (TPSA) is 49.3 Å². The van der Waals surface area contributed by atoms with E-state index in [0.717, 1.165) is 37.2 Å². The molecule has 9 heteroatoms. The monoisotopic (exact) mass is 369 g/mol. The molecule has 0 radical (unpaired) electrons. The molecule has 0 aliphatic carbocycles. The van der Waals surface area contributed by atoms with Crippen LogP contribution >= 0.6 is 0 Å². The predicted octanol–water partition coefficient (Wildman–Crippen LogP) is 4.05. The number of hydrogen-bond donors (Lipinski definition) is 2. The van der Waals surface area contributed by atoms with Crippen LogP contribution in [0, 0.1) is 5.92 Å². The Labute approximate surface area is 140 Å². The quantitative estimate of drug-likeness (QED) is 0.624. The maximum atomic E-state index is 12.4. The molecule has 1 atom stereocenters. The van der Waals surface area contributed by atoms with Crippen molar-refractivity contribution in [2.24, 2.45) is 5.92 Å². The van der Waals surface area contributed by atoms with Gasteiger partial charge >= 0.3 is 18.3 Å². The minimum Gasteiger partial charge on any atom is -0.475 e. The molecule has 140 valence electrons. The van der Waals surface area contributed by atoms with Crippen molar-refractivity contribution in [2.45, 2.75) is 25.2 Å². The van der Waals surface area contributed by atoms with E-state index in [1.54, 1.807) is 12.1 Å². The van der Waals surface area contributed by atoms with Crippen LogP contribution in [0.1, 0.15) is 17.5 Å². The number of aliphatic carboxylic acids is 1. The summed E-state index contributed by atoms with van der Waals surface area (Å²) in [6, 6.07) is 5.36. The molecular formula is C16H17F6NO2. The Hall–Kier alpha value is -2.03. The third kappa shape index (κ3) is 8.06. The first-order valence-electron chi connectivity index (χ1n) is 7.34. The smallest absolute Gasteiger partial charge is 0.475 e. The molecule has 0 aromatic heterocycles. The van der Waals surface area contributed by atoms with Crippen LogP contribution in [0.4, 0.5) is 26.3 Å². The van der Waals surface area contributed by atoms with E-state index in [2.05, 4.69) is 11.4 Å². The lowest BCUT2D eigenvalue weighted by atomic mass is 10.1. The zero-order valence-electron chi connectivity index (χ0n) is 13.0. The largest absolute Gasteiger partial charge is 0.490 e. The summed E-state index contributed by atoms with van der Waals surface area (Å²) in [6.45, 7) is 2.05. The van der Waals surface area contributed by atoms with Crippen molar-refractivity contribution in [3.05, 3.63) is 47.5 Å². The van der Waals surface area contributed by atoms with E-state index in [1.807, 2.05) is 6.08 Å². The molecule has 3 nitrogen and oxygen atoms in total. The Morgan fingerprint density at radius 2 is 1.72 bits per heavy atom. The first-order chi connectivity index (χ1) is 11.5. The minimum absolute atomic E-state index is 0.569. The van der Waals surface area contributed by atoms with E-state index in [0.29, 0.717) is 12.3 Å². The van der Waals surface area contributed by atoms with Crippen molar-refractivity contribution < 1.29 is 36.2 Å². The first-order valence-corrected chi connectivity index (χ1v) is 7.34. The Morgan fingerprint density at radius 1 is 1.16 bits per heavy atom. The molecular weight excluding hydrogens is 352 g/mol. The normalized spacial score (nSPS) is 18.1. The van der Waals surface area contributed by atoms with E-state index >= 15 is 0 Å². The number of hydrogen-bond acceptors (Lipinski definition) is 2. The lowest BCUT2D eigenvalue weighted by Gasteiger charge is -2.06. The third-order valence-electron chi connectivity index (χ3n) is 3.38. The molecule has 2 N–H and O–H groups in total. The lowest BCUT2D eigenvalue weighted by Crippen LogP contribution is -2.21. The van der Waals surface area contributed by atoms with Gasteiger partial charge in [-0.1, -0.05) is 24.3 Å². The number of carboxylic acids is 1. The average Bonchev–Trinajstić information content (AvgIpc) is 3.00. The molecule has 0 spiro atoms. The van der Waals surface area contributed by atoms with Crippen molar-refractivity contribution in [1.82, 2.24) is 5.32 Å². The molecule has 1 fully saturated rings. The molecule has 25 heavy (non-hydrogen) atoms. The van der Waals surface area contributed by atoms with Gasteiger partial charge in [0.25, 0.3) is 0 Å². The molecule has 1 aromatic carbocycles. The summed E-state index contributed by atoms with van der Waals surface area (Å²) in [7, 11) is 0. The van der Waals surface area contributed by atoms with Gasteiger partial charge in [-0.15, -0.1) is 0 Å². The average molecular weight is 369 g/mol. The number of rotatable bonds is 3. The SMILES string of the molecule is FC(F)(F)c1ccc(CC=CC2CCNC2)cc1.O=C(O)C(F)(F)F. The van der Waals surface area contributed by atoms with Gasteiger partial charge in [0, 0.05) is 6.54 Å². The van der Waals surface area contributed by atoms with E-state index < -0.39 is 23.9 Å². The number of carboxylic acid groups (broad SMARTS) is 1. The number of allylic oxidation sites excluding steroid dienone is 1. The summed E-state index contributed by atoms with van der Waals surface area (Å²) in [4.78, 5) is 8.90. The second kappa shape index (κ2) is 8.89. The highest BCUT2D eigenvalue weighted by Gasteiger charge is 2.38. The van der Waals surface area contributed by atoms with Crippen molar-refractivity contribution in [3.63, 3.8) is 0 Å². The Morgan fingerprint density at radius 3 is 2.12 bits per heavy atom. The van der Waals surface area contributed by atoms with Gasteiger partial charge in [-0.2, -0.15) is 26.3 Å². The molecule has 0 bridgehead atoms. The second-order valence-corrected chi connectivity index (χ2v) is 5.38. The maximum absolute atomic E-state index is 12.4. The van der Waals surface area contributed by atoms with Gasteiger partial charge in [0.2, 0.25) is 0 Å². The molecule has 1 aliphatic rings. The highest BCUT2D eigenvalue weighted by atomic mass is 19.4. The zero-order valence-corrected chi connectivity index (χ0v) is 13.0. The van der Waals surface area contributed by atoms with Crippen LogP contribution in [-0.2, 0) is 17.4 Å². The van der Waals surface area contributed by atoms with Gasteiger partial charge in [0.05, 0.1) is 5.56 Å². The highest BCUT2D eigenvalue weighted by molar-refractivity contribution is 5.73. The van der Waals surface area contributed by atoms with Gasteiger partial charge < -0.3 is 10.4 Å². The number of alkyl halides is 6. The van der Waals surface area contributed by atoms with Gasteiger partial charge in [-0.3, -0.25) is 0 Å². The van der Waals surface area contributed by atoms with E-state index in [4.69, 9.17) is 9.90 Å². The van der Waals surface area contributed by atoms with Gasteiger partial charge in [0.15, 0.2) is 0 Å². The Kier molecular flexibility index (Phi) is 7.47. The first kappa shape index (κ1) is 21.0. The number of carbonyl (C=O) groups is 1. The molecule has 0 amide bonds. The van der Waals surface area contributed by atoms with Crippen LogP contribution in [-0.4, -0.2) is 30.3 Å².